The number of nitrogens with one attached hydrogen (secondary N) is 1. The summed E-state index contributed by atoms with van der Waals surface area (Å²) in [4.78, 5) is 24.3. The monoisotopic (exact) mass is 338 g/mol. The van der Waals surface area contributed by atoms with E-state index in [9.17, 15) is 14.0 Å². The molecule has 0 aliphatic carbocycles. The van der Waals surface area contributed by atoms with Crippen LogP contribution in [0, 0.1) is 5.82 Å². The van der Waals surface area contributed by atoms with Crippen molar-refractivity contribution in [2.45, 2.75) is 45.3 Å². The molecule has 1 saturated heterocycles. The highest BCUT2D eigenvalue weighted by molar-refractivity contribution is 5.75. The fraction of sp³-hybridized carbons (Fsp3) is 0.529. The summed E-state index contributed by atoms with van der Waals surface area (Å²) >= 11 is 0. The molecule has 0 unspecified atom stereocenters. The highest BCUT2D eigenvalue weighted by atomic mass is 19.1. The molecule has 0 saturated carbocycles. The maximum atomic E-state index is 14.0. The number of ether oxygens (including phenoxy) is 2. The second-order valence-corrected chi connectivity index (χ2v) is 6.66. The lowest BCUT2D eigenvalue weighted by Crippen LogP contribution is -2.44. The molecule has 1 aliphatic rings. The van der Waals surface area contributed by atoms with Crippen molar-refractivity contribution in [1.82, 2.24) is 4.90 Å². The van der Waals surface area contributed by atoms with Crippen molar-refractivity contribution in [3.05, 3.63) is 24.0 Å². The first kappa shape index (κ1) is 18.0. The normalized spacial score (nSPS) is 15.8. The van der Waals surface area contributed by atoms with Crippen molar-refractivity contribution in [2.75, 3.05) is 18.4 Å². The van der Waals surface area contributed by atoms with Crippen molar-refractivity contribution < 1.29 is 23.5 Å². The predicted molar refractivity (Wildman–Crippen MR) is 87.5 cm³/mol. The number of anilines is 1. The van der Waals surface area contributed by atoms with E-state index >= 15 is 0 Å². The molecule has 1 N–H and O–H groups in total. The summed E-state index contributed by atoms with van der Waals surface area (Å²) in [6.07, 6.45) is 1.03. The molecule has 0 atom stereocenters. The Labute approximate surface area is 140 Å². The van der Waals surface area contributed by atoms with Crippen molar-refractivity contribution in [1.29, 1.82) is 0 Å². The number of benzene rings is 1. The molecule has 0 aromatic heterocycles. The Morgan fingerprint density at radius 3 is 2.58 bits per heavy atom. The van der Waals surface area contributed by atoms with Gasteiger partial charge in [0.05, 0.1) is 5.69 Å². The van der Waals surface area contributed by atoms with Gasteiger partial charge in [-0.05, 0) is 32.9 Å². The zero-order valence-electron chi connectivity index (χ0n) is 14.2. The number of halogens is 1. The first-order valence-corrected chi connectivity index (χ1v) is 7.93. The average molecular weight is 338 g/mol. The molecule has 24 heavy (non-hydrogen) atoms. The number of nitrogens with zero attached hydrogens (tertiary/aromatic N) is 1. The van der Waals surface area contributed by atoms with Gasteiger partial charge in [-0.2, -0.15) is 0 Å². The molecule has 1 aliphatic heterocycles. The van der Waals surface area contributed by atoms with Crippen molar-refractivity contribution in [3.63, 3.8) is 0 Å². The minimum absolute atomic E-state index is 0.0281. The van der Waals surface area contributed by atoms with Crippen LogP contribution in [0.1, 0.15) is 33.6 Å². The molecule has 0 radical (unpaired) electrons. The Kier molecular flexibility index (Phi) is 5.64. The van der Waals surface area contributed by atoms with Crippen LogP contribution in [0.2, 0.25) is 0 Å². The van der Waals surface area contributed by atoms with E-state index in [-0.39, 0.29) is 17.9 Å². The minimum Gasteiger partial charge on any atom is -0.485 e. The molecule has 2 amide bonds. The zero-order valence-corrected chi connectivity index (χ0v) is 14.2. The molecular weight excluding hydrogens is 315 g/mol. The van der Waals surface area contributed by atoms with E-state index in [2.05, 4.69) is 5.32 Å². The Balaban J connectivity index is 1.94. The van der Waals surface area contributed by atoms with Crippen LogP contribution in [0.15, 0.2) is 18.2 Å². The van der Waals surface area contributed by atoms with E-state index in [1.165, 1.54) is 12.1 Å². The standard InChI is InChI=1S/C17H23FN2O4/c1-17(2,3)24-16(22)20-9-7-12(8-10-20)23-15-13(18)5-4-6-14(15)19-11-21/h4-6,11-12H,7-10H2,1-3H3,(H,19,21). The molecule has 6 nitrogen and oxygen atoms in total. The van der Waals surface area contributed by atoms with E-state index in [4.69, 9.17) is 9.47 Å². The zero-order chi connectivity index (χ0) is 17.7. The lowest BCUT2D eigenvalue weighted by Gasteiger charge is -2.33. The lowest BCUT2D eigenvalue weighted by molar-refractivity contribution is -0.105. The Morgan fingerprint density at radius 2 is 2.00 bits per heavy atom. The molecule has 1 heterocycles. The molecule has 7 heteroatoms. The number of amides is 2. The quantitative estimate of drug-likeness (QED) is 0.856. The van der Waals surface area contributed by atoms with E-state index in [0.717, 1.165) is 0 Å². The van der Waals surface area contributed by atoms with Gasteiger partial charge in [0.2, 0.25) is 6.41 Å². The number of piperidine rings is 1. The van der Waals surface area contributed by atoms with Crippen LogP contribution in [-0.2, 0) is 9.53 Å². The van der Waals surface area contributed by atoms with Crippen LogP contribution in [0.25, 0.3) is 0 Å². The van der Waals surface area contributed by atoms with E-state index < -0.39 is 11.4 Å². The molecular formula is C17H23FN2O4. The highest BCUT2D eigenvalue weighted by Crippen LogP contribution is 2.30. The van der Waals surface area contributed by atoms with Crippen LogP contribution in [-0.4, -0.2) is 42.2 Å². The number of rotatable bonds is 4. The summed E-state index contributed by atoms with van der Waals surface area (Å²) in [5.74, 6) is -0.503. The third-order valence-corrected chi connectivity index (χ3v) is 3.56. The smallest absolute Gasteiger partial charge is 0.410 e. The summed E-state index contributed by atoms with van der Waals surface area (Å²) < 4.78 is 25.0. The summed E-state index contributed by atoms with van der Waals surface area (Å²) in [6.45, 7) is 6.41. The van der Waals surface area contributed by atoms with Crippen LogP contribution < -0.4 is 10.1 Å². The van der Waals surface area contributed by atoms with Gasteiger partial charge in [-0.25, -0.2) is 9.18 Å². The molecule has 1 fully saturated rings. The Hall–Kier alpha value is -2.31. The van der Waals surface area contributed by atoms with Gasteiger partial charge in [-0.3, -0.25) is 4.79 Å². The minimum atomic E-state index is -0.535. The van der Waals surface area contributed by atoms with Crippen molar-refractivity contribution >= 4 is 18.2 Å². The first-order valence-electron chi connectivity index (χ1n) is 7.93. The average Bonchev–Trinajstić information content (AvgIpc) is 2.50. The van der Waals surface area contributed by atoms with Crippen LogP contribution >= 0.6 is 0 Å². The molecule has 132 valence electrons. The van der Waals surface area contributed by atoms with E-state index in [1.54, 1.807) is 11.0 Å². The number of para-hydroxylation sites is 1. The Bertz CT molecular complexity index is 593. The largest absolute Gasteiger partial charge is 0.485 e. The topological polar surface area (TPSA) is 67.9 Å². The second kappa shape index (κ2) is 7.51. The highest BCUT2D eigenvalue weighted by Gasteiger charge is 2.28. The van der Waals surface area contributed by atoms with Gasteiger partial charge >= 0.3 is 6.09 Å². The van der Waals surface area contributed by atoms with Crippen molar-refractivity contribution in [2.24, 2.45) is 0 Å². The molecule has 2 rings (SSSR count). The summed E-state index contributed by atoms with van der Waals surface area (Å²) in [6, 6.07) is 4.35. The molecule has 0 bridgehead atoms. The maximum absolute atomic E-state index is 14.0. The first-order chi connectivity index (χ1) is 11.3. The third kappa shape index (κ3) is 4.84. The second-order valence-electron chi connectivity index (χ2n) is 6.66. The van der Waals surface area contributed by atoms with Gasteiger partial charge in [0.25, 0.3) is 0 Å². The van der Waals surface area contributed by atoms with Crippen molar-refractivity contribution in [3.8, 4) is 5.75 Å². The van der Waals surface area contributed by atoms with Gasteiger partial charge in [-0.15, -0.1) is 0 Å². The third-order valence-electron chi connectivity index (χ3n) is 3.56. The van der Waals surface area contributed by atoms with Crippen LogP contribution in [0.5, 0.6) is 5.75 Å². The number of hydrogen-bond acceptors (Lipinski definition) is 4. The molecule has 0 spiro atoms. The van der Waals surface area contributed by atoms with E-state index in [0.29, 0.717) is 38.0 Å². The summed E-state index contributed by atoms with van der Waals surface area (Å²) in [7, 11) is 0. The van der Waals surface area contributed by atoms with Gasteiger partial charge in [0.1, 0.15) is 11.7 Å². The van der Waals surface area contributed by atoms with E-state index in [1.807, 2.05) is 20.8 Å². The van der Waals surface area contributed by atoms with Crippen LogP contribution in [0.3, 0.4) is 0 Å². The number of likely N-dealkylation sites (tertiary alicyclic amines) is 1. The molecule has 1 aromatic carbocycles. The Morgan fingerprint density at radius 1 is 1.33 bits per heavy atom. The van der Waals surface area contributed by atoms with Gasteiger partial charge in [-0.1, -0.05) is 6.07 Å². The SMILES string of the molecule is CC(C)(C)OC(=O)N1CCC(Oc2c(F)cccc2NC=O)CC1. The van der Waals surface area contributed by atoms with Gasteiger partial charge in [0, 0.05) is 25.9 Å². The maximum Gasteiger partial charge on any atom is 0.410 e. The fourth-order valence-corrected chi connectivity index (χ4v) is 2.46. The number of carbonyl (C=O) groups excluding carboxylic acids is 2. The number of carbonyl (C=O) groups is 2. The van der Waals surface area contributed by atoms with Gasteiger partial charge in [0.15, 0.2) is 11.6 Å². The van der Waals surface area contributed by atoms with Gasteiger partial charge < -0.3 is 19.7 Å². The predicted octanol–water partition coefficient (Wildman–Crippen LogP) is 3.17. The lowest BCUT2D eigenvalue weighted by atomic mass is 10.1. The fourth-order valence-electron chi connectivity index (χ4n) is 2.46. The summed E-state index contributed by atoms with van der Waals surface area (Å²) in [5, 5.41) is 2.43. The summed E-state index contributed by atoms with van der Waals surface area (Å²) in [5.41, 5.74) is -0.243. The van der Waals surface area contributed by atoms with Crippen LogP contribution in [0.4, 0.5) is 14.9 Å². The number of hydrogen-bond donors (Lipinski definition) is 1. The molecule has 1 aromatic rings.